The molecule has 0 amide bonds. The minimum absolute atomic E-state index is 0.179. The summed E-state index contributed by atoms with van der Waals surface area (Å²) in [5.41, 5.74) is 0.907. The molecule has 1 aromatic carbocycles. The summed E-state index contributed by atoms with van der Waals surface area (Å²) < 4.78 is 0. The van der Waals surface area contributed by atoms with Gasteiger partial charge in [0.15, 0.2) is 0 Å². The van der Waals surface area contributed by atoms with Gasteiger partial charge in [0.25, 0.3) is 5.69 Å². The van der Waals surface area contributed by atoms with Gasteiger partial charge >= 0.3 is 0 Å². The molecule has 0 saturated heterocycles. The Kier molecular flexibility index (Phi) is 6.35. The predicted molar refractivity (Wildman–Crippen MR) is 72.3 cm³/mol. The van der Waals surface area contributed by atoms with Crippen LogP contribution < -0.4 is 5.32 Å². The molecule has 0 aliphatic heterocycles. The summed E-state index contributed by atoms with van der Waals surface area (Å²) in [5.74, 6) is 1.92. The van der Waals surface area contributed by atoms with Crippen LogP contribution in [-0.2, 0) is 6.54 Å². The second-order valence-corrected chi connectivity index (χ2v) is 4.58. The molecule has 1 aromatic rings. The zero-order valence-corrected chi connectivity index (χ0v) is 10.4. The molecular weight excluding hydrogens is 236 g/mol. The highest BCUT2D eigenvalue weighted by atomic mass is 32.2. The second-order valence-electron chi connectivity index (χ2n) is 3.43. The Bertz CT molecular complexity index is 383. The van der Waals surface area contributed by atoms with Crippen molar-refractivity contribution in [1.82, 2.24) is 5.32 Å². The van der Waals surface area contributed by atoms with Crippen LogP contribution in [0.15, 0.2) is 36.9 Å². The van der Waals surface area contributed by atoms with E-state index in [0.29, 0.717) is 6.54 Å². The fourth-order valence-electron chi connectivity index (χ4n) is 1.37. The van der Waals surface area contributed by atoms with Crippen molar-refractivity contribution in [2.75, 3.05) is 18.1 Å². The maximum atomic E-state index is 10.8. The average molecular weight is 252 g/mol. The van der Waals surface area contributed by atoms with Gasteiger partial charge in [-0.25, -0.2) is 0 Å². The Morgan fingerprint density at radius 1 is 1.47 bits per heavy atom. The molecule has 0 fully saturated rings. The van der Waals surface area contributed by atoms with Crippen LogP contribution in [0.2, 0.25) is 0 Å². The van der Waals surface area contributed by atoms with Crippen LogP contribution in [0, 0.1) is 10.1 Å². The molecule has 1 rings (SSSR count). The number of rotatable bonds is 8. The number of hydrogen-bond donors (Lipinski definition) is 1. The van der Waals surface area contributed by atoms with E-state index in [0.717, 1.165) is 23.6 Å². The molecule has 0 aliphatic carbocycles. The highest BCUT2D eigenvalue weighted by Gasteiger charge is 2.10. The van der Waals surface area contributed by atoms with Gasteiger partial charge in [-0.2, -0.15) is 11.8 Å². The molecule has 0 spiro atoms. The maximum Gasteiger partial charge on any atom is 0.273 e. The molecule has 92 valence electrons. The molecule has 0 radical (unpaired) electrons. The normalized spacial score (nSPS) is 10.1. The van der Waals surface area contributed by atoms with E-state index >= 15 is 0 Å². The highest BCUT2D eigenvalue weighted by Crippen LogP contribution is 2.16. The standard InChI is InChI=1S/C12H16N2O2S/c1-2-8-17-9-7-13-10-11-5-3-4-6-12(11)14(15)16/h2-6,13H,1,7-10H2. The molecule has 0 atom stereocenters. The van der Waals surface area contributed by atoms with Crippen LogP contribution in [-0.4, -0.2) is 23.0 Å². The summed E-state index contributed by atoms with van der Waals surface area (Å²) in [7, 11) is 0. The number of hydrogen-bond acceptors (Lipinski definition) is 4. The van der Waals surface area contributed by atoms with Crippen molar-refractivity contribution in [2.24, 2.45) is 0 Å². The summed E-state index contributed by atoms with van der Waals surface area (Å²) in [6.07, 6.45) is 1.87. The number of nitrogens with zero attached hydrogens (tertiary/aromatic N) is 1. The quantitative estimate of drug-likeness (QED) is 0.334. The minimum atomic E-state index is -0.344. The first-order chi connectivity index (χ1) is 8.25. The van der Waals surface area contributed by atoms with Gasteiger partial charge in [0.05, 0.1) is 4.92 Å². The van der Waals surface area contributed by atoms with Crippen molar-refractivity contribution < 1.29 is 4.92 Å². The van der Waals surface area contributed by atoms with Gasteiger partial charge in [0, 0.05) is 36.2 Å². The number of nitro benzene ring substituents is 1. The number of thioether (sulfide) groups is 1. The minimum Gasteiger partial charge on any atom is -0.312 e. The fraction of sp³-hybridized carbons (Fsp3) is 0.333. The molecule has 17 heavy (non-hydrogen) atoms. The van der Waals surface area contributed by atoms with E-state index in [1.54, 1.807) is 23.9 Å². The lowest BCUT2D eigenvalue weighted by Crippen LogP contribution is -2.17. The monoisotopic (exact) mass is 252 g/mol. The van der Waals surface area contributed by atoms with Gasteiger partial charge in [-0.05, 0) is 0 Å². The highest BCUT2D eigenvalue weighted by molar-refractivity contribution is 7.99. The van der Waals surface area contributed by atoms with Crippen LogP contribution in [0.5, 0.6) is 0 Å². The van der Waals surface area contributed by atoms with Gasteiger partial charge in [-0.1, -0.05) is 24.3 Å². The SMILES string of the molecule is C=CCSCCNCc1ccccc1[N+](=O)[O-]. The fourth-order valence-corrected chi connectivity index (χ4v) is 1.99. The largest absolute Gasteiger partial charge is 0.312 e. The molecule has 0 aliphatic rings. The van der Waals surface area contributed by atoms with Crippen LogP contribution in [0.3, 0.4) is 0 Å². The Labute approximate surface area is 105 Å². The van der Waals surface area contributed by atoms with Crippen molar-refractivity contribution in [3.63, 3.8) is 0 Å². The molecule has 0 unspecified atom stereocenters. The third-order valence-electron chi connectivity index (χ3n) is 2.16. The van der Waals surface area contributed by atoms with Gasteiger partial charge in [0.1, 0.15) is 0 Å². The van der Waals surface area contributed by atoms with E-state index in [2.05, 4.69) is 11.9 Å². The van der Waals surface area contributed by atoms with E-state index in [1.165, 1.54) is 6.07 Å². The molecular formula is C12H16N2O2S. The number of benzene rings is 1. The lowest BCUT2D eigenvalue weighted by molar-refractivity contribution is -0.385. The maximum absolute atomic E-state index is 10.8. The van der Waals surface area contributed by atoms with Gasteiger partial charge < -0.3 is 5.32 Å². The van der Waals surface area contributed by atoms with Crippen molar-refractivity contribution in [3.8, 4) is 0 Å². The zero-order valence-electron chi connectivity index (χ0n) is 9.59. The topological polar surface area (TPSA) is 55.2 Å². The van der Waals surface area contributed by atoms with E-state index < -0.39 is 0 Å². The first kappa shape index (κ1) is 13.7. The summed E-state index contributed by atoms with van der Waals surface area (Å²) >= 11 is 1.78. The van der Waals surface area contributed by atoms with E-state index in [-0.39, 0.29) is 10.6 Å². The smallest absolute Gasteiger partial charge is 0.273 e. The van der Waals surface area contributed by atoms with E-state index in [4.69, 9.17) is 0 Å². The third kappa shape index (κ3) is 5.01. The second kappa shape index (κ2) is 7.86. The summed E-state index contributed by atoms with van der Waals surface area (Å²) in [5, 5.41) is 14.0. The van der Waals surface area contributed by atoms with Gasteiger partial charge in [-0.3, -0.25) is 10.1 Å². The van der Waals surface area contributed by atoms with Crippen LogP contribution in [0.4, 0.5) is 5.69 Å². The Morgan fingerprint density at radius 3 is 2.94 bits per heavy atom. The Balaban J connectivity index is 2.36. The third-order valence-corrected chi connectivity index (χ3v) is 3.13. The molecule has 0 bridgehead atoms. The molecule has 5 heteroatoms. The molecule has 4 nitrogen and oxygen atoms in total. The summed E-state index contributed by atoms with van der Waals surface area (Å²) in [6.45, 7) is 5.01. The summed E-state index contributed by atoms with van der Waals surface area (Å²) in [4.78, 5) is 10.4. The number of nitrogens with one attached hydrogen (secondary N) is 1. The lowest BCUT2D eigenvalue weighted by atomic mass is 10.2. The van der Waals surface area contributed by atoms with Gasteiger partial charge in [0.2, 0.25) is 0 Å². The predicted octanol–water partition coefficient (Wildman–Crippen LogP) is 2.60. The molecule has 0 aromatic heterocycles. The van der Waals surface area contributed by atoms with Gasteiger partial charge in [-0.15, -0.1) is 6.58 Å². The number of nitro groups is 1. The van der Waals surface area contributed by atoms with Crippen molar-refractivity contribution in [2.45, 2.75) is 6.54 Å². The first-order valence-corrected chi connectivity index (χ1v) is 6.53. The lowest BCUT2D eigenvalue weighted by Gasteiger charge is -2.04. The molecule has 0 saturated carbocycles. The first-order valence-electron chi connectivity index (χ1n) is 5.37. The Morgan fingerprint density at radius 2 is 2.24 bits per heavy atom. The van der Waals surface area contributed by atoms with Crippen molar-refractivity contribution in [1.29, 1.82) is 0 Å². The van der Waals surface area contributed by atoms with E-state index in [1.807, 2.05) is 12.1 Å². The molecule has 1 N–H and O–H groups in total. The zero-order chi connectivity index (χ0) is 12.5. The van der Waals surface area contributed by atoms with Crippen LogP contribution in [0.25, 0.3) is 0 Å². The Hall–Kier alpha value is -1.33. The summed E-state index contributed by atoms with van der Waals surface area (Å²) in [6, 6.07) is 6.81. The molecule has 0 heterocycles. The number of para-hydroxylation sites is 1. The van der Waals surface area contributed by atoms with Crippen LogP contribution in [0.1, 0.15) is 5.56 Å². The van der Waals surface area contributed by atoms with Crippen molar-refractivity contribution in [3.05, 3.63) is 52.6 Å². The van der Waals surface area contributed by atoms with E-state index in [9.17, 15) is 10.1 Å². The van der Waals surface area contributed by atoms with Crippen molar-refractivity contribution >= 4 is 17.4 Å². The van der Waals surface area contributed by atoms with Crippen LogP contribution >= 0.6 is 11.8 Å². The average Bonchev–Trinajstić information content (AvgIpc) is 2.34.